The molecule has 2 N–H and O–H groups in total. The van der Waals surface area contributed by atoms with E-state index >= 15 is 0 Å². The van der Waals surface area contributed by atoms with Crippen LogP contribution in [0.5, 0.6) is 0 Å². The van der Waals surface area contributed by atoms with E-state index in [1.165, 1.54) is 23.8 Å². The second kappa shape index (κ2) is 10.9. The average Bonchev–Trinajstić information content (AvgIpc) is 2.76. The van der Waals surface area contributed by atoms with E-state index in [4.69, 9.17) is 11.6 Å². The fourth-order valence-corrected chi connectivity index (χ4v) is 5.47. The first kappa shape index (κ1) is 24.2. The molecule has 0 aliphatic heterocycles. The Hall–Kier alpha value is -2.48. The van der Waals surface area contributed by atoms with E-state index in [-0.39, 0.29) is 21.4 Å². The highest BCUT2D eigenvalue weighted by molar-refractivity contribution is 7.98. The molecule has 5 nitrogen and oxygen atoms in total. The molecule has 1 amide bonds. The minimum Gasteiger partial charge on any atom is -0.351 e. The molecule has 0 radical (unpaired) electrons. The molecule has 0 saturated carbocycles. The SMILES string of the molecule is Cc1ccc(C)c(NS(=O)(=O)c2cc(C(=O)NCCSCc3ccccc3)ccc2Cl)c1. The lowest BCUT2D eigenvalue weighted by Gasteiger charge is -2.13. The van der Waals surface area contributed by atoms with Gasteiger partial charge in [0.1, 0.15) is 4.90 Å². The van der Waals surface area contributed by atoms with Crippen LogP contribution >= 0.6 is 23.4 Å². The van der Waals surface area contributed by atoms with Crippen LogP contribution in [0.1, 0.15) is 27.0 Å². The number of benzene rings is 3. The number of hydrogen-bond donors (Lipinski definition) is 2. The molecule has 0 bridgehead atoms. The van der Waals surface area contributed by atoms with Crippen LogP contribution in [-0.4, -0.2) is 26.6 Å². The fourth-order valence-electron chi connectivity index (χ4n) is 3.00. The first-order valence-corrected chi connectivity index (χ1v) is 13.1. The number of sulfonamides is 1. The van der Waals surface area contributed by atoms with Crippen LogP contribution in [0.25, 0.3) is 0 Å². The summed E-state index contributed by atoms with van der Waals surface area (Å²) in [4.78, 5) is 12.4. The molecule has 0 spiro atoms. The summed E-state index contributed by atoms with van der Waals surface area (Å²) in [5.41, 5.74) is 3.66. The monoisotopic (exact) mass is 488 g/mol. The Morgan fingerprint density at radius 2 is 1.75 bits per heavy atom. The Kier molecular flexibility index (Phi) is 8.23. The third-order valence-corrected chi connectivity index (χ3v) is 7.64. The van der Waals surface area contributed by atoms with E-state index in [9.17, 15) is 13.2 Å². The van der Waals surface area contributed by atoms with Crippen LogP contribution in [0.3, 0.4) is 0 Å². The van der Waals surface area contributed by atoms with Crippen molar-refractivity contribution in [1.29, 1.82) is 0 Å². The number of rotatable bonds is 9. The van der Waals surface area contributed by atoms with Crippen molar-refractivity contribution >= 4 is 45.0 Å². The lowest BCUT2D eigenvalue weighted by Crippen LogP contribution is -2.26. The number of halogens is 1. The van der Waals surface area contributed by atoms with Crippen molar-refractivity contribution in [2.45, 2.75) is 24.5 Å². The van der Waals surface area contributed by atoms with Gasteiger partial charge in [0.15, 0.2) is 0 Å². The number of carbonyl (C=O) groups excluding carboxylic acids is 1. The molecule has 3 aromatic rings. The minimum absolute atomic E-state index is 0.0535. The standard InChI is InChI=1S/C24H25ClN2O3S2/c1-17-8-9-18(2)22(14-17)27-32(29,30)23-15-20(10-11-21(23)25)24(28)26-12-13-31-16-19-6-4-3-5-7-19/h3-11,14-15,27H,12-13,16H2,1-2H3,(H,26,28). The number of aryl methyl sites for hydroxylation is 2. The lowest BCUT2D eigenvalue weighted by atomic mass is 10.1. The molecule has 8 heteroatoms. The van der Waals surface area contributed by atoms with Gasteiger partial charge in [-0.15, -0.1) is 0 Å². The molecular weight excluding hydrogens is 464 g/mol. The maximum Gasteiger partial charge on any atom is 0.263 e. The molecule has 0 heterocycles. The van der Waals surface area contributed by atoms with Crippen molar-refractivity contribution in [3.05, 3.63) is 94.0 Å². The van der Waals surface area contributed by atoms with Crippen LogP contribution < -0.4 is 10.0 Å². The Balaban J connectivity index is 1.63. The van der Waals surface area contributed by atoms with Crippen LogP contribution in [0.2, 0.25) is 5.02 Å². The third-order valence-electron chi connectivity index (χ3n) is 4.76. The summed E-state index contributed by atoms with van der Waals surface area (Å²) >= 11 is 7.89. The number of amides is 1. The van der Waals surface area contributed by atoms with Gasteiger partial charge >= 0.3 is 0 Å². The van der Waals surface area contributed by atoms with Crippen molar-refractivity contribution in [2.75, 3.05) is 17.0 Å². The second-order valence-corrected chi connectivity index (χ2v) is 10.5. The summed E-state index contributed by atoms with van der Waals surface area (Å²) in [6.07, 6.45) is 0. The van der Waals surface area contributed by atoms with Crippen LogP contribution in [0.4, 0.5) is 5.69 Å². The molecule has 0 aromatic heterocycles. The molecule has 0 atom stereocenters. The first-order valence-electron chi connectivity index (χ1n) is 10.1. The first-order chi connectivity index (χ1) is 15.3. The number of nitrogens with one attached hydrogen (secondary N) is 2. The van der Waals surface area contributed by atoms with E-state index in [1.807, 2.05) is 44.2 Å². The molecule has 0 aliphatic rings. The van der Waals surface area contributed by atoms with Crippen LogP contribution in [0, 0.1) is 13.8 Å². The number of hydrogen-bond acceptors (Lipinski definition) is 4. The molecule has 3 rings (SSSR count). The number of thioether (sulfide) groups is 1. The highest BCUT2D eigenvalue weighted by Gasteiger charge is 2.21. The molecule has 3 aromatic carbocycles. The molecule has 0 unspecified atom stereocenters. The Morgan fingerprint density at radius 3 is 2.50 bits per heavy atom. The lowest BCUT2D eigenvalue weighted by molar-refractivity contribution is 0.0956. The largest absolute Gasteiger partial charge is 0.351 e. The molecule has 0 fully saturated rings. The molecule has 168 valence electrons. The van der Waals surface area contributed by atoms with Crippen molar-refractivity contribution in [2.24, 2.45) is 0 Å². The third kappa shape index (κ3) is 6.51. The zero-order valence-electron chi connectivity index (χ0n) is 17.9. The summed E-state index contributed by atoms with van der Waals surface area (Å²) < 4.78 is 28.5. The maximum absolute atomic E-state index is 13.0. The zero-order chi connectivity index (χ0) is 23.1. The van der Waals surface area contributed by atoms with Crippen LogP contribution in [-0.2, 0) is 15.8 Å². The molecule has 32 heavy (non-hydrogen) atoms. The minimum atomic E-state index is -3.97. The van der Waals surface area contributed by atoms with Gasteiger partial charge in [-0.05, 0) is 54.8 Å². The van der Waals surface area contributed by atoms with Gasteiger partial charge < -0.3 is 5.32 Å². The van der Waals surface area contributed by atoms with Crippen molar-refractivity contribution in [1.82, 2.24) is 5.32 Å². The maximum atomic E-state index is 13.0. The predicted molar refractivity (Wildman–Crippen MR) is 133 cm³/mol. The molecule has 0 aliphatic carbocycles. The highest BCUT2D eigenvalue weighted by Crippen LogP contribution is 2.27. The average molecular weight is 489 g/mol. The van der Waals surface area contributed by atoms with E-state index < -0.39 is 10.0 Å². The summed E-state index contributed by atoms with van der Waals surface area (Å²) in [6.45, 7) is 4.17. The van der Waals surface area contributed by atoms with Gasteiger partial charge in [-0.1, -0.05) is 54.1 Å². The van der Waals surface area contributed by atoms with Gasteiger partial charge in [-0.2, -0.15) is 11.8 Å². The normalized spacial score (nSPS) is 11.2. The van der Waals surface area contributed by atoms with E-state index in [2.05, 4.69) is 22.2 Å². The summed E-state index contributed by atoms with van der Waals surface area (Å²) in [5, 5.41) is 2.89. The number of carbonyl (C=O) groups is 1. The molecule has 0 saturated heterocycles. The van der Waals surface area contributed by atoms with Crippen molar-refractivity contribution in [3.63, 3.8) is 0 Å². The summed E-state index contributed by atoms with van der Waals surface area (Å²) in [6, 6.07) is 19.9. The summed E-state index contributed by atoms with van der Waals surface area (Å²) in [7, 11) is -3.97. The van der Waals surface area contributed by atoms with E-state index in [0.29, 0.717) is 12.2 Å². The van der Waals surface area contributed by atoms with Crippen molar-refractivity contribution < 1.29 is 13.2 Å². The number of anilines is 1. The van der Waals surface area contributed by atoms with Gasteiger partial charge in [0, 0.05) is 23.6 Å². The fraction of sp³-hybridized carbons (Fsp3) is 0.208. The Bertz CT molecular complexity index is 1200. The quantitative estimate of drug-likeness (QED) is 0.394. The topological polar surface area (TPSA) is 75.3 Å². The van der Waals surface area contributed by atoms with Crippen molar-refractivity contribution in [3.8, 4) is 0 Å². The van der Waals surface area contributed by atoms with Gasteiger partial charge in [0.05, 0.1) is 10.7 Å². The smallest absolute Gasteiger partial charge is 0.263 e. The second-order valence-electron chi connectivity index (χ2n) is 7.36. The Labute approximate surface area is 198 Å². The zero-order valence-corrected chi connectivity index (χ0v) is 20.3. The van der Waals surface area contributed by atoms with E-state index in [1.54, 1.807) is 17.8 Å². The van der Waals surface area contributed by atoms with Gasteiger partial charge in [0.25, 0.3) is 15.9 Å². The highest BCUT2D eigenvalue weighted by atomic mass is 35.5. The summed E-state index contributed by atoms with van der Waals surface area (Å²) in [5.74, 6) is 1.27. The predicted octanol–water partition coefficient (Wildman–Crippen LogP) is 5.42. The van der Waals surface area contributed by atoms with Gasteiger partial charge in [-0.3, -0.25) is 9.52 Å². The Morgan fingerprint density at radius 1 is 1.00 bits per heavy atom. The van der Waals surface area contributed by atoms with E-state index in [0.717, 1.165) is 22.6 Å². The van der Waals surface area contributed by atoms with Crippen LogP contribution in [0.15, 0.2) is 71.6 Å². The van der Waals surface area contributed by atoms with Gasteiger partial charge in [-0.25, -0.2) is 8.42 Å². The molecular formula is C24H25ClN2O3S2. The van der Waals surface area contributed by atoms with Gasteiger partial charge in [0.2, 0.25) is 0 Å².